The van der Waals surface area contributed by atoms with Crippen molar-refractivity contribution in [3.05, 3.63) is 11.8 Å². The van der Waals surface area contributed by atoms with Crippen LogP contribution in [0.3, 0.4) is 0 Å². The van der Waals surface area contributed by atoms with Gasteiger partial charge in [-0.05, 0) is 73.7 Å². The lowest BCUT2D eigenvalue weighted by molar-refractivity contribution is -0.219. The van der Waals surface area contributed by atoms with E-state index in [9.17, 15) is 14.4 Å². The Morgan fingerprint density at radius 3 is 2.22 bits per heavy atom. The molecule has 0 heterocycles. The molecule has 0 aromatic rings. The summed E-state index contributed by atoms with van der Waals surface area (Å²) in [7, 11) is 0. The highest BCUT2D eigenvalue weighted by atomic mass is 16.6. The van der Waals surface area contributed by atoms with Gasteiger partial charge < -0.3 is 14.2 Å². The average molecular weight is 447 g/mol. The summed E-state index contributed by atoms with van der Waals surface area (Å²) in [5.41, 5.74) is -0.298. The quantitative estimate of drug-likeness (QED) is 0.451. The Labute approximate surface area is 191 Å². The van der Waals surface area contributed by atoms with Crippen LogP contribution in [0.15, 0.2) is 11.8 Å². The van der Waals surface area contributed by atoms with Gasteiger partial charge in [-0.25, -0.2) is 0 Å². The smallest absolute Gasteiger partial charge is 0.307 e. The maximum Gasteiger partial charge on any atom is 0.307 e. The van der Waals surface area contributed by atoms with Crippen molar-refractivity contribution in [1.82, 2.24) is 0 Å². The SMILES string of the molecule is CC(=O)OC1=CC[C@H]2[C@@H]3CC[C@@]4(C)C[C@@H](OC(C)=O)CC[C@]4(C)[C@H]3[C@H](OC(C)=O)C[C@]12C. The number of fused-ring (bicyclic) bond motifs is 5. The minimum Gasteiger partial charge on any atom is -0.463 e. The topological polar surface area (TPSA) is 78.9 Å². The van der Waals surface area contributed by atoms with E-state index in [0.717, 1.165) is 44.3 Å². The number of allylic oxidation sites excluding steroid dienone is 2. The lowest BCUT2D eigenvalue weighted by atomic mass is 9.40. The fraction of sp³-hybridized carbons (Fsp3) is 0.808. The van der Waals surface area contributed by atoms with Gasteiger partial charge in [0, 0.05) is 32.1 Å². The van der Waals surface area contributed by atoms with Gasteiger partial charge in [0.15, 0.2) is 0 Å². The minimum atomic E-state index is -0.300. The molecule has 0 aromatic heterocycles. The van der Waals surface area contributed by atoms with Crippen LogP contribution in [0.5, 0.6) is 0 Å². The van der Waals surface area contributed by atoms with Gasteiger partial charge in [-0.15, -0.1) is 0 Å². The summed E-state index contributed by atoms with van der Waals surface area (Å²) in [6.07, 6.45) is 8.18. The van der Waals surface area contributed by atoms with Crippen LogP contribution in [0.25, 0.3) is 0 Å². The summed E-state index contributed by atoms with van der Waals surface area (Å²) >= 11 is 0. The molecule has 0 amide bonds. The van der Waals surface area contributed by atoms with Crippen molar-refractivity contribution >= 4 is 17.9 Å². The van der Waals surface area contributed by atoms with Gasteiger partial charge in [0.1, 0.15) is 18.0 Å². The molecule has 0 N–H and O–H groups in total. The molecule has 0 saturated heterocycles. The first-order chi connectivity index (χ1) is 14.9. The Morgan fingerprint density at radius 1 is 0.906 bits per heavy atom. The van der Waals surface area contributed by atoms with Crippen LogP contribution in [0, 0.1) is 34.0 Å². The van der Waals surface area contributed by atoms with E-state index in [1.165, 1.54) is 20.8 Å². The van der Waals surface area contributed by atoms with Crippen molar-refractivity contribution in [2.24, 2.45) is 34.0 Å². The molecule has 0 radical (unpaired) electrons. The van der Waals surface area contributed by atoms with Crippen molar-refractivity contribution in [2.75, 3.05) is 0 Å². The van der Waals surface area contributed by atoms with E-state index in [0.29, 0.717) is 18.3 Å². The van der Waals surface area contributed by atoms with Gasteiger partial charge in [-0.3, -0.25) is 14.4 Å². The Bertz CT molecular complexity index is 847. The fourth-order valence-electron chi connectivity index (χ4n) is 8.16. The molecule has 178 valence electrons. The third-order valence-corrected chi connectivity index (χ3v) is 9.65. The summed E-state index contributed by atoms with van der Waals surface area (Å²) in [5, 5.41) is 0. The highest BCUT2D eigenvalue weighted by molar-refractivity contribution is 5.68. The van der Waals surface area contributed by atoms with E-state index in [4.69, 9.17) is 14.2 Å². The molecule has 0 aromatic carbocycles. The minimum absolute atomic E-state index is 0.0157. The Balaban J connectivity index is 1.69. The van der Waals surface area contributed by atoms with Crippen molar-refractivity contribution in [1.29, 1.82) is 0 Å². The standard InChI is InChI=1S/C26H38O6/c1-15(27)30-18-9-12-26(6)23-19(10-11-24(26,4)13-18)20-7-8-22(32-17(3)29)25(20,5)14-21(23)31-16(2)28/h8,18-21,23H,7,9-14H2,1-6H3/t18-,19-,20-,21+,23+,24-,25-,26+/m0/s1. The molecular formula is C26H38O6. The van der Waals surface area contributed by atoms with E-state index < -0.39 is 0 Å². The number of esters is 3. The lowest BCUT2D eigenvalue weighted by Crippen LogP contribution is -2.63. The largest absolute Gasteiger partial charge is 0.463 e. The van der Waals surface area contributed by atoms with Crippen molar-refractivity contribution in [2.45, 2.75) is 98.7 Å². The van der Waals surface area contributed by atoms with Gasteiger partial charge in [0.2, 0.25) is 0 Å². The predicted molar refractivity (Wildman–Crippen MR) is 118 cm³/mol. The normalized spacial score (nSPS) is 44.9. The molecular weight excluding hydrogens is 408 g/mol. The zero-order valence-electron chi connectivity index (χ0n) is 20.4. The summed E-state index contributed by atoms with van der Waals surface area (Å²) in [5.74, 6) is 1.01. The molecule has 3 fully saturated rings. The van der Waals surface area contributed by atoms with Crippen molar-refractivity contribution in [3.8, 4) is 0 Å². The fourth-order valence-corrected chi connectivity index (χ4v) is 8.16. The number of hydrogen-bond acceptors (Lipinski definition) is 6. The number of rotatable bonds is 3. The average Bonchev–Trinajstić information content (AvgIpc) is 2.97. The van der Waals surface area contributed by atoms with Crippen LogP contribution in [-0.4, -0.2) is 30.1 Å². The van der Waals surface area contributed by atoms with E-state index in [1.807, 2.05) is 0 Å². The number of carbonyl (C=O) groups is 3. The molecule has 4 aliphatic rings. The molecule has 8 atom stereocenters. The zero-order chi connectivity index (χ0) is 23.5. The predicted octanol–water partition coefficient (Wildman–Crippen LogP) is 4.95. The van der Waals surface area contributed by atoms with Gasteiger partial charge in [-0.1, -0.05) is 20.8 Å². The molecule has 0 aliphatic heterocycles. The van der Waals surface area contributed by atoms with Crippen LogP contribution < -0.4 is 0 Å². The van der Waals surface area contributed by atoms with Gasteiger partial charge >= 0.3 is 17.9 Å². The molecule has 6 heteroatoms. The molecule has 0 bridgehead atoms. The van der Waals surface area contributed by atoms with E-state index >= 15 is 0 Å². The summed E-state index contributed by atoms with van der Waals surface area (Å²) < 4.78 is 17.3. The Kier molecular flexibility index (Phi) is 5.74. The first-order valence-corrected chi connectivity index (χ1v) is 12.1. The van der Waals surface area contributed by atoms with Crippen LogP contribution in [-0.2, 0) is 28.6 Å². The Morgan fingerprint density at radius 2 is 1.59 bits per heavy atom. The van der Waals surface area contributed by atoms with Crippen LogP contribution >= 0.6 is 0 Å². The summed E-state index contributed by atoms with van der Waals surface area (Å²) in [6.45, 7) is 11.3. The van der Waals surface area contributed by atoms with Gasteiger partial charge in [0.05, 0.1) is 0 Å². The maximum atomic E-state index is 12.2. The maximum absolute atomic E-state index is 12.2. The van der Waals surface area contributed by atoms with Crippen LogP contribution in [0.4, 0.5) is 0 Å². The molecule has 6 nitrogen and oxygen atoms in total. The third-order valence-electron chi connectivity index (χ3n) is 9.65. The number of ether oxygens (including phenoxy) is 3. The summed E-state index contributed by atoms with van der Waals surface area (Å²) in [6, 6.07) is 0. The molecule has 0 spiro atoms. The zero-order valence-corrected chi connectivity index (χ0v) is 20.4. The van der Waals surface area contributed by atoms with E-state index in [1.54, 1.807) is 0 Å². The molecule has 4 aliphatic carbocycles. The highest BCUT2D eigenvalue weighted by Gasteiger charge is 2.66. The van der Waals surface area contributed by atoms with E-state index in [-0.39, 0.29) is 52.3 Å². The first-order valence-electron chi connectivity index (χ1n) is 12.1. The third kappa shape index (κ3) is 3.58. The van der Waals surface area contributed by atoms with Crippen molar-refractivity contribution < 1.29 is 28.6 Å². The lowest BCUT2D eigenvalue weighted by Gasteiger charge is -2.66. The van der Waals surface area contributed by atoms with Gasteiger partial charge in [-0.2, -0.15) is 0 Å². The van der Waals surface area contributed by atoms with Crippen LogP contribution in [0.1, 0.15) is 86.5 Å². The monoisotopic (exact) mass is 446 g/mol. The van der Waals surface area contributed by atoms with Crippen molar-refractivity contribution in [3.63, 3.8) is 0 Å². The molecule has 32 heavy (non-hydrogen) atoms. The molecule has 0 unspecified atom stereocenters. The molecule has 3 saturated carbocycles. The Hall–Kier alpha value is -1.85. The first kappa shape index (κ1) is 23.3. The second kappa shape index (κ2) is 7.88. The van der Waals surface area contributed by atoms with Crippen LogP contribution in [0.2, 0.25) is 0 Å². The van der Waals surface area contributed by atoms with E-state index in [2.05, 4.69) is 26.8 Å². The molecule has 4 rings (SSSR count). The summed E-state index contributed by atoms with van der Waals surface area (Å²) in [4.78, 5) is 35.5. The van der Waals surface area contributed by atoms with Gasteiger partial charge in [0.25, 0.3) is 0 Å². The number of hydrogen-bond donors (Lipinski definition) is 0. The number of carbonyl (C=O) groups excluding carboxylic acids is 3. The second-order valence-electron chi connectivity index (χ2n) is 11.5. The second-order valence-corrected chi connectivity index (χ2v) is 11.5. The highest BCUT2D eigenvalue weighted by Crippen LogP contribution is 2.70.